The first-order chi connectivity index (χ1) is 12.7. The Morgan fingerprint density at radius 3 is 2.38 bits per heavy atom. The van der Waals surface area contributed by atoms with Crippen LogP contribution in [0.4, 0.5) is 5.69 Å². The van der Waals surface area contributed by atoms with Gasteiger partial charge in [0, 0.05) is 30.4 Å². The summed E-state index contributed by atoms with van der Waals surface area (Å²) in [6, 6.07) is 13.3. The number of hydrogen-bond acceptors (Lipinski definition) is 5. The van der Waals surface area contributed by atoms with Gasteiger partial charge in [-0.1, -0.05) is 30.3 Å². The van der Waals surface area contributed by atoms with Crippen LogP contribution >= 0.6 is 0 Å². The van der Waals surface area contributed by atoms with Crippen LogP contribution in [0.5, 0.6) is 0 Å². The summed E-state index contributed by atoms with van der Waals surface area (Å²) in [5.41, 5.74) is 14.4. The first-order valence-corrected chi connectivity index (χ1v) is 8.98. The van der Waals surface area contributed by atoms with Crippen molar-refractivity contribution in [3.05, 3.63) is 48.0 Å². The first-order valence-electron chi connectivity index (χ1n) is 8.98. The number of carbonyl (C=O) groups is 1. The average molecular weight is 617 g/mol. The summed E-state index contributed by atoms with van der Waals surface area (Å²) in [6.07, 6.45) is 1.90. The number of pyridine rings is 1. The van der Waals surface area contributed by atoms with Crippen LogP contribution in [-0.4, -0.2) is 37.1 Å². The van der Waals surface area contributed by atoms with E-state index in [-0.39, 0.29) is 51.8 Å². The number of nitrogens with one attached hydrogen (secondary N) is 2. The number of nitrogens with zero attached hydrogens (tertiary/aromatic N) is 1. The van der Waals surface area contributed by atoms with Gasteiger partial charge in [0.05, 0.1) is 22.3 Å². The molecule has 0 saturated carbocycles. The largest absolute Gasteiger partial charge is 2.00 e. The molecule has 0 radical (unpaired) electrons. The van der Waals surface area contributed by atoms with E-state index >= 15 is 0 Å². The molecular formula is C20H25Cl2N5OPt. The summed E-state index contributed by atoms with van der Waals surface area (Å²) in [5.74, 6) is -0.118. The van der Waals surface area contributed by atoms with Crippen molar-refractivity contribution in [2.75, 3.05) is 31.9 Å². The Morgan fingerprint density at radius 2 is 1.62 bits per heavy atom. The molecule has 1 aromatic heterocycles. The maximum atomic E-state index is 12.6. The third-order valence-electron chi connectivity index (χ3n) is 4.38. The van der Waals surface area contributed by atoms with E-state index in [9.17, 15) is 4.79 Å². The van der Waals surface area contributed by atoms with Crippen LogP contribution in [-0.2, 0) is 21.1 Å². The molecule has 1 heterocycles. The summed E-state index contributed by atoms with van der Waals surface area (Å²) >= 11 is 0. The van der Waals surface area contributed by atoms with Gasteiger partial charge < -0.3 is 46.9 Å². The SMILES string of the molecule is NCCNCCCCNC(=O)c1cccc2c(N)c3ccccc3nc12.[Cl-].[Cl-].[Pt+2]. The Morgan fingerprint density at radius 1 is 0.931 bits per heavy atom. The minimum atomic E-state index is -0.118. The summed E-state index contributed by atoms with van der Waals surface area (Å²) < 4.78 is 0. The third kappa shape index (κ3) is 6.80. The van der Waals surface area contributed by atoms with Gasteiger partial charge in [-0.15, -0.1) is 0 Å². The Hall–Kier alpha value is -1.43. The normalized spacial score (nSPS) is 9.97. The molecule has 6 N–H and O–H groups in total. The maximum Gasteiger partial charge on any atom is 2.00 e. The average Bonchev–Trinajstić information content (AvgIpc) is 2.67. The summed E-state index contributed by atoms with van der Waals surface area (Å²) in [7, 11) is 0. The van der Waals surface area contributed by atoms with Crippen LogP contribution in [0.3, 0.4) is 0 Å². The molecular weight excluding hydrogens is 592 g/mol. The number of benzene rings is 2. The molecule has 0 saturated heterocycles. The number of unbranched alkanes of at least 4 members (excludes halogenated alkanes) is 1. The van der Waals surface area contributed by atoms with E-state index in [0.717, 1.165) is 42.2 Å². The van der Waals surface area contributed by atoms with Gasteiger partial charge in [0.2, 0.25) is 0 Å². The Labute approximate surface area is 197 Å². The zero-order valence-corrected chi connectivity index (χ0v) is 19.7. The molecule has 0 fully saturated rings. The molecule has 2 aromatic carbocycles. The predicted octanol–water partition coefficient (Wildman–Crippen LogP) is -3.97. The van der Waals surface area contributed by atoms with Crippen LogP contribution in [0, 0.1) is 0 Å². The fourth-order valence-corrected chi connectivity index (χ4v) is 3.03. The van der Waals surface area contributed by atoms with Crippen LogP contribution in [0.1, 0.15) is 23.2 Å². The fraction of sp³-hybridized carbons (Fsp3) is 0.300. The van der Waals surface area contributed by atoms with Crippen molar-refractivity contribution in [3.8, 4) is 0 Å². The smallest absolute Gasteiger partial charge is 1.00 e. The number of amides is 1. The quantitative estimate of drug-likeness (QED) is 0.153. The number of carbonyl (C=O) groups excluding carboxylic acids is 1. The number of nitrogens with two attached hydrogens (primary N) is 2. The number of aromatic nitrogens is 1. The van der Waals surface area contributed by atoms with Crippen molar-refractivity contribution in [2.24, 2.45) is 5.73 Å². The minimum Gasteiger partial charge on any atom is -1.00 e. The second-order valence-corrected chi connectivity index (χ2v) is 6.25. The molecule has 0 aliphatic heterocycles. The van der Waals surface area contributed by atoms with Crippen molar-refractivity contribution in [2.45, 2.75) is 12.8 Å². The topological polar surface area (TPSA) is 106 Å². The number of nitrogen functional groups attached to an aromatic ring is 1. The fourth-order valence-electron chi connectivity index (χ4n) is 3.03. The van der Waals surface area contributed by atoms with E-state index in [0.29, 0.717) is 29.9 Å². The minimum absolute atomic E-state index is 0. The Bertz CT molecular complexity index is 926. The Kier molecular flexibility index (Phi) is 13.1. The van der Waals surface area contributed by atoms with Gasteiger partial charge in [-0.25, -0.2) is 4.98 Å². The first kappa shape index (κ1) is 27.6. The van der Waals surface area contributed by atoms with E-state index in [2.05, 4.69) is 15.6 Å². The molecule has 9 heteroatoms. The molecule has 0 aliphatic rings. The van der Waals surface area contributed by atoms with Gasteiger partial charge in [0.1, 0.15) is 0 Å². The van der Waals surface area contributed by atoms with Crippen LogP contribution in [0.15, 0.2) is 42.5 Å². The van der Waals surface area contributed by atoms with E-state index in [1.807, 2.05) is 36.4 Å². The molecule has 3 aromatic rings. The summed E-state index contributed by atoms with van der Waals surface area (Å²) in [5, 5.41) is 7.93. The van der Waals surface area contributed by atoms with Crippen molar-refractivity contribution in [3.63, 3.8) is 0 Å². The predicted molar refractivity (Wildman–Crippen MR) is 107 cm³/mol. The van der Waals surface area contributed by atoms with Crippen LogP contribution < -0.4 is 46.9 Å². The van der Waals surface area contributed by atoms with Gasteiger partial charge in [-0.3, -0.25) is 4.79 Å². The number of hydrogen-bond donors (Lipinski definition) is 4. The van der Waals surface area contributed by atoms with Gasteiger partial charge in [-0.2, -0.15) is 0 Å². The molecule has 0 aliphatic carbocycles. The van der Waals surface area contributed by atoms with E-state index in [1.54, 1.807) is 6.07 Å². The third-order valence-corrected chi connectivity index (χ3v) is 4.38. The number of halogens is 2. The monoisotopic (exact) mass is 616 g/mol. The Balaban J connectivity index is 0.00000261. The van der Waals surface area contributed by atoms with Crippen molar-refractivity contribution in [1.82, 2.24) is 15.6 Å². The zero-order chi connectivity index (χ0) is 18.4. The van der Waals surface area contributed by atoms with Crippen LogP contribution in [0.25, 0.3) is 21.8 Å². The summed E-state index contributed by atoms with van der Waals surface area (Å²) in [6.45, 7) is 3.00. The number of para-hydroxylation sites is 2. The second-order valence-electron chi connectivity index (χ2n) is 6.25. The van der Waals surface area contributed by atoms with Gasteiger partial charge >= 0.3 is 21.1 Å². The molecule has 160 valence electrons. The maximum absolute atomic E-state index is 12.6. The zero-order valence-electron chi connectivity index (χ0n) is 15.9. The van der Waals surface area contributed by atoms with Gasteiger partial charge in [-0.05, 0) is 31.5 Å². The molecule has 0 atom stereocenters. The van der Waals surface area contributed by atoms with Crippen LogP contribution in [0.2, 0.25) is 0 Å². The molecule has 1 amide bonds. The number of rotatable bonds is 8. The number of anilines is 1. The van der Waals surface area contributed by atoms with Crippen molar-refractivity contribution >= 4 is 33.4 Å². The standard InChI is InChI=1S/C20H25N5O.2ClH.Pt/c21-10-13-23-11-3-4-12-24-20(26)16-8-5-7-15-18(22)14-6-1-2-9-17(14)25-19(15)16;;;/h1-2,5-9,23H,3-4,10-13,21H2,(H2,22,25)(H,24,26);2*1H;/q;;;+2/p-2. The van der Waals surface area contributed by atoms with E-state index in [1.165, 1.54) is 0 Å². The van der Waals surface area contributed by atoms with Crippen molar-refractivity contribution < 1.29 is 50.7 Å². The van der Waals surface area contributed by atoms with E-state index in [4.69, 9.17) is 11.5 Å². The van der Waals surface area contributed by atoms with Gasteiger partial charge in [0.25, 0.3) is 5.91 Å². The molecule has 0 bridgehead atoms. The van der Waals surface area contributed by atoms with E-state index < -0.39 is 0 Å². The molecule has 29 heavy (non-hydrogen) atoms. The second kappa shape index (κ2) is 13.7. The molecule has 0 unspecified atom stereocenters. The number of fused-ring (bicyclic) bond motifs is 2. The molecule has 6 nitrogen and oxygen atoms in total. The van der Waals surface area contributed by atoms with Gasteiger partial charge in [0.15, 0.2) is 0 Å². The molecule has 3 rings (SSSR count). The summed E-state index contributed by atoms with van der Waals surface area (Å²) in [4.78, 5) is 17.3. The van der Waals surface area contributed by atoms with Crippen molar-refractivity contribution in [1.29, 1.82) is 0 Å². The molecule has 0 spiro atoms.